The number of carboxylic acid groups (broad SMARTS) is 1. The molecule has 8 heteroatoms. The van der Waals surface area contributed by atoms with Crippen LogP contribution in [0.15, 0.2) is 17.0 Å². The van der Waals surface area contributed by atoms with E-state index in [2.05, 4.69) is 0 Å². The molecule has 0 amide bonds. The number of aromatic carboxylic acids is 1. The van der Waals surface area contributed by atoms with Crippen LogP contribution in [0.25, 0.3) is 0 Å². The van der Waals surface area contributed by atoms with Crippen LogP contribution in [0.1, 0.15) is 10.4 Å². The Morgan fingerprint density at radius 3 is 2.27 bits per heavy atom. The van der Waals surface area contributed by atoms with Gasteiger partial charge < -0.3 is 5.11 Å². The minimum Gasteiger partial charge on any atom is -0.478 e. The van der Waals surface area contributed by atoms with Crippen LogP contribution in [0.4, 0.5) is 8.78 Å². The monoisotopic (exact) mass is 256 g/mol. The molecule has 0 aliphatic carbocycles. The Kier molecular flexibility index (Phi) is 2.96. The molecule has 1 rings (SSSR count). The maximum absolute atomic E-state index is 13.2. The Labute approximate surface area is 87.5 Å². The van der Waals surface area contributed by atoms with E-state index in [1.165, 1.54) is 0 Å². The summed E-state index contributed by atoms with van der Waals surface area (Å²) in [5.41, 5.74) is -1.09. The number of hydrogen-bond donors (Lipinski definition) is 1. The van der Waals surface area contributed by atoms with Gasteiger partial charge in [-0.15, -0.1) is 0 Å². The van der Waals surface area contributed by atoms with E-state index in [1.807, 2.05) is 0 Å². The number of benzene rings is 1. The molecular formula is C7H3ClF2O4S. The molecule has 0 unspecified atom stereocenters. The largest absolute Gasteiger partial charge is 0.478 e. The minimum atomic E-state index is -4.52. The fraction of sp³-hybridized carbons (Fsp3) is 0. The molecule has 0 atom stereocenters. The van der Waals surface area contributed by atoms with Crippen molar-refractivity contribution in [1.29, 1.82) is 0 Å². The SMILES string of the molecule is O=C(O)c1cc(F)cc(S(=O)(=O)Cl)c1F. The van der Waals surface area contributed by atoms with Gasteiger partial charge in [-0.1, -0.05) is 0 Å². The Bertz CT molecular complexity index is 526. The third kappa shape index (κ3) is 2.42. The van der Waals surface area contributed by atoms with Crippen molar-refractivity contribution in [2.45, 2.75) is 4.90 Å². The zero-order valence-electron chi connectivity index (χ0n) is 6.87. The molecule has 0 radical (unpaired) electrons. The molecule has 0 aliphatic rings. The van der Waals surface area contributed by atoms with Gasteiger partial charge in [-0.2, -0.15) is 0 Å². The lowest BCUT2D eigenvalue weighted by atomic mass is 10.2. The van der Waals surface area contributed by atoms with E-state index in [4.69, 9.17) is 15.8 Å². The van der Waals surface area contributed by atoms with E-state index in [0.717, 1.165) is 0 Å². The van der Waals surface area contributed by atoms with Crippen molar-refractivity contribution in [2.24, 2.45) is 0 Å². The lowest BCUT2D eigenvalue weighted by molar-refractivity contribution is 0.0690. The fourth-order valence-electron chi connectivity index (χ4n) is 0.897. The van der Waals surface area contributed by atoms with Gasteiger partial charge in [0.15, 0.2) is 5.82 Å². The summed E-state index contributed by atoms with van der Waals surface area (Å²) in [4.78, 5) is 9.22. The topological polar surface area (TPSA) is 71.4 Å². The summed E-state index contributed by atoms with van der Waals surface area (Å²) in [5.74, 6) is -4.57. The van der Waals surface area contributed by atoms with E-state index in [1.54, 1.807) is 0 Å². The molecule has 4 nitrogen and oxygen atoms in total. The summed E-state index contributed by atoms with van der Waals surface area (Å²) >= 11 is 0. The van der Waals surface area contributed by atoms with E-state index in [-0.39, 0.29) is 0 Å². The van der Waals surface area contributed by atoms with Crippen molar-refractivity contribution in [3.63, 3.8) is 0 Å². The van der Waals surface area contributed by atoms with Crippen LogP contribution in [-0.4, -0.2) is 19.5 Å². The molecule has 82 valence electrons. The van der Waals surface area contributed by atoms with Gasteiger partial charge >= 0.3 is 5.97 Å². The zero-order chi connectivity index (χ0) is 11.8. The van der Waals surface area contributed by atoms with E-state index in [0.29, 0.717) is 12.1 Å². The second-order valence-corrected chi connectivity index (χ2v) is 5.04. The predicted molar refractivity (Wildman–Crippen MR) is 46.4 cm³/mol. The van der Waals surface area contributed by atoms with Gasteiger partial charge in [0.2, 0.25) is 0 Å². The van der Waals surface area contributed by atoms with Gasteiger partial charge in [-0.3, -0.25) is 0 Å². The van der Waals surface area contributed by atoms with E-state index in [9.17, 15) is 22.0 Å². The Morgan fingerprint density at radius 1 is 1.33 bits per heavy atom. The van der Waals surface area contributed by atoms with Crippen molar-refractivity contribution >= 4 is 25.7 Å². The van der Waals surface area contributed by atoms with Gasteiger partial charge in [-0.25, -0.2) is 22.0 Å². The van der Waals surface area contributed by atoms with Crippen molar-refractivity contribution in [2.75, 3.05) is 0 Å². The molecule has 0 spiro atoms. The van der Waals surface area contributed by atoms with Gasteiger partial charge in [0.1, 0.15) is 10.7 Å². The quantitative estimate of drug-likeness (QED) is 0.816. The molecule has 1 aromatic carbocycles. The number of halogens is 3. The molecule has 1 aromatic rings. The van der Waals surface area contributed by atoms with Crippen LogP contribution < -0.4 is 0 Å². The molecule has 0 saturated carbocycles. The average molecular weight is 257 g/mol. The molecule has 0 aliphatic heterocycles. The lowest BCUT2D eigenvalue weighted by Gasteiger charge is -2.02. The Morgan fingerprint density at radius 2 is 1.87 bits per heavy atom. The number of carboxylic acids is 1. The van der Waals surface area contributed by atoms with Crippen molar-refractivity contribution in [1.82, 2.24) is 0 Å². The summed E-state index contributed by atoms with van der Waals surface area (Å²) in [7, 11) is 0.267. The first-order chi connectivity index (χ1) is 6.73. The fourth-order valence-corrected chi connectivity index (χ4v) is 1.81. The highest BCUT2D eigenvalue weighted by Crippen LogP contribution is 2.23. The number of rotatable bonds is 2. The maximum atomic E-state index is 13.2. The molecule has 0 aromatic heterocycles. The van der Waals surface area contributed by atoms with Crippen molar-refractivity contribution in [3.8, 4) is 0 Å². The van der Waals surface area contributed by atoms with Crippen LogP contribution in [-0.2, 0) is 9.05 Å². The smallest absolute Gasteiger partial charge is 0.338 e. The molecule has 0 bridgehead atoms. The van der Waals surface area contributed by atoms with Crippen LogP contribution in [0.3, 0.4) is 0 Å². The molecule has 0 heterocycles. The zero-order valence-corrected chi connectivity index (χ0v) is 8.44. The summed E-state index contributed by atoms with van der Waals surface area (Å²) < 4.78 is 47.4. The van der Waals surface area contributed by atoms with Gasteiger partial charge in [0.05, 0.1) is 5.56 Å². The standard InChI is InChI=1S/C7H3ClF2O4S/c8-15(13,14)5-2-3(9)1-4(6(5)10)7(11)12/h1-2H,(H,11,12). The van der Waals surface area contributed by atoms with Crippen molar-refractivity contribution < 1.29 is 27.1 Å². The normalized spacial score (nSPS) is 11.4. The molecule has 1 N–H and O–H groups in total. The summed E-state index contributed by atoms with van der Waals surface area (Å²) in [6.45, 7) is 0. The molecule has 0 fully saturated rings. The minimum absolute atomic E-state index is 0.310. The van der Waals surface area contributed by atoms with E-state index >= 15 is 0 Å². The average Bonchev–Trinajstić information content (AvgIpc) is 2.06. The first-order valence-electron chi connectivity index (χ1n) is 3.40. The summed E-state index contributed by atoms with van der Waals surface area (Å²) in [6, 6.07) is 0.674. The van der Waals surface area contributed by atoms with E-state index < -0.39 is 37.1 Å². The van der Waals surface area contributed by atoms with Gasteiger partial charge in [-0.05, 0) is 12.1 Å². The molecule has 15 heavy (non-hydrogen) atoms. The Hall–Kier alpha value is -1.21. The highest BCUT2D eigenvalue weighted by Gasteiger charge is 2.23. The first-order valence-corrected chi connectivity index (χ1v) is 5.71. The van der Waals surface area contributed by atoms with Crippen LogP contribution in [0, 0.1) is 11.6 Å². The van der Waals surface area contributed by atoms with Crippen LogP contribution in [0.2, 0.25) is 0 Å². The maximum Gasteiger partial charge on any atom is 0.338 e. The van der Waals surface area contributed by atoms with Gasteiger partial charge in [0, 0.05) is 10.7 Å². The highest BCUT2D eigenvalue weighted by atomic mass is 35.7. The predicted octanol–water partition coefficient (Wildman–Crippen LogP) is 1.59. The molecular weight excluding hydrogens is 254 g/mol. The lowest BCUT2D eigenvalue weighted by Crippen LogP contribution is -2.06. The summed E-state index contributed by atoms with van der Waals surface area (Å²) in [6.07, 6.45) is 0. The number of carbonyl (C=O) groups is 1. The Balaban J connectivity index is 3.63. The summed E-state index contributed by atoms with van der Waals surface area (Å²) in [5, 5.41) is 8.44. The molecule has 0 saturated heterocycles. The van der Waals surface area contributed by atoms with Crippen molar-refractivity contribution in [3.05, 3.63) is 29.3 Å². The third-order valence-corrected chi connectivity index (χ3v) is 2.82. The second kappa shape index (κ2) is 3.74. The third-order valence-electron chi connectivity index (χ3n) is 1.50. The number of hydrogen-bond acceptors (Lipinski definition) is 3. The highest BCUT2D eigenvalue weighted by molar-refractivity contribution is 8.13. The van der Waals surface area contributed by atoms with Crippen LogP contribution in [0.5, 0.6) is 0 Å². The first kappa shape index (κ1) is 11.9. The second-order valence-electron chi connectivity index (χ2n) is 2.51. The van der Waals surface area contributed by atoms with Gasteiger partial charge in [0.25, 0.3) is 9.05 Å². The van der Waals surface area contributed by atoms with Crippen LogP contribution >= 0.6 is 10.7 Å².